The van der Waals surface area contributed by atoms with Crippen LogP contribution in [0.1, 0.15) is 27.3 Å². The van der Waals surface area contributed by atoms with Crippen molar-refractivity contribution in [3.63, 3.8) is 0 Å². The van der Waals surface area contributed by atoms with Crippen LogP contribution in [0.4, 0.5) is 4.39 Å². The van der Waals surface area contributed by atoms with Gasteiger partial charge in [0.05, 0.1) is 16.4 Å². The summed E-state index contributed by atoms with van der Waals surface area (Å²) in [7, 11) is 0. The lowest BCUT2D eigenvalue weighted by Crippen LogP contribution is -2.08. The van der Waals surface area contributed by atoms with Gasteiger partial charge in [0, 0.05) is 22.1 Å². The first-order valence-corrected chi connectivity index (χ1v) is 10.2. The second-order valence-corrected chi connectivity index (χ2v) is 8.03. The molecule has 4 nitrogen and oxygen atoms in total. The molecule has 142 valence electrons. The maximum atomic E-state index is 13.2. The highest BCUT2D eigenvalue weighted by molar-refractivity contribution is 7.99. The van der Waals surface area contributed by atoms with Gasteiger partial charge in [-0.3, -0.25) is 0 Å². The van der Waals surface area contributed by atoms with E-state index in [2.05, 4.69) is 5.10 Å². The lowest BCUT2D eigenvalue weighted by atomic mass is 10.0. The predicted octanol–water partition coefficient (Wildman–Crippen LogP) is 5.80. The van der Waals surface area contributed by atoms with Gasteiger partial charge in [-0.15, -0.1) is 0 Å². The highest BCUT2D eigenvalue weighted by Gasteiger charge is 2.29. The lowest BCUT2D eigenvalue weighted by molar-refractivity contribution is 0.0689. The molecular formula is C20H13Cl2FN2O2S. The largest absolute Gasteiger partial charge is 0.476 e. The van der Waals surface area contributed by atoms with Gasteiger partial charge in [0.2, 0.25) is 0 Å². The number of carboxylic acids is 1. The zero-order valence-corrected chi connectivity index (χ0v) is 16.7. The summed E-state index contributed by atoms with van der Waals surface area (Å²) in [5.41, 5.74) is 3.60. The van der Waals surface area contributed by atoms with Crippen LogP contribution in [-0.4, -0.2) is 26.6 Å². The Morgan fingerprint density at radius 3 is 2.61 bits per heavy atom. The first kappa shape index (κ1) is 19.1. The molecule has 8 heteroatoms. The highest BCUT2D eigenvalue weighted by atomic mass is 35.5. The second-order valence-electron chi connectivity index (χ2n) is 6.20. The minimum atomic E-state index is -1.09. The van der Waals surface area contributed by atoms with Gasteiger partial charge in [-0.2, -0.15) is 16.9 Å². The van der Waals surface area contributed by atoms with Crippen LogP contribution in [0.15, 0.2) is 42.5 Å². The van der Waals surface area contributed by atoms with Gasteiger partial charge in [0.25, 0.3) is 0 Å². The monoisotopic (exact) mass is 434 g/mol. The van der Waals surface area contributed by atoms with Crippen LogP contribution in [0.2, 0.25) is 10.0 Å². The fourth-order valence-corrected chi connectivity index (χ4v) is 4.63. The molecule has 3 aromatic rings. The molecule has 1 aromatic heterocycles. The molecule has 0 fully saturated rings. The van der Waals surface area contributed by atoms with Crippen molar-refractivity contribution in [1.82, 2.24) is 9.78 Å². The summed E-state index contributed by atoms with van der Waals surface area (Å²) < 4.78 is 14.8. The average molecular weight is 435 g/mol. The fraction of sp³-hybridized carbons (Fsp3) is 0.100. The Bertz CT molecular complexity index is 1110. The van der Waals surface area contributed by atoms with E-state index in [0.29, 0.717) is 38.5 Å². The lowest BCUT2D eigenvalue weighted by Gasteiger charge is -2.18. The molecule has 0 spiro atoms. The van der Waals surface area contributed by atoms with Crippen molar-refractivity contribution >= 4 is 52.6 Å². The Balaban J connectivity index is 1.94. The minimum Gasteiger partial charge on any atom is -0.476 e. The molecule has 0 atom stereocenters. The molecule has 0 amide bonds. The van der Waals surface area contributed by atoms with E-state index < -0.39 is 5.97 Å². The SMILES string of the molecule is O=C(O)c1nn(-c2ccc(Cl)cc2Cl)c2c1CSCC2=Cc1ccc(F)cc1. The third kappa shape index (κ3) is 3.55. The first-order chi connectivity index (χ1) is 13.4. The summed E-state index contributed by atoms with van der Waals surface area (Å²) in [6.45, 7) is 0. The number of hydrogen-bond acceptors (Lipinski definition) is 3. The second kappa shape index (κ2) is 7.62. The number of halogens is 3. The van der Waals surface area contributed by atoms with Crippen LogP contribution in [-0.2, 0) is 5.75 Å². The number of nitrogens with zero attached hydrogens (tertiary/aromatic N) is 2. The number of thioether (sulfide) groups is 1. The highest BCUT2D eigenvalue weighted by Crippen LogP contribution is 2.38. The van der Waals surface area contributed by atoms with Crippen molar-refractivity contribution in [1.29, 1.82) is 0 Å². The molecule has 0 unspecified atom stereocenters. The first-order valence-electron chi connectivity index (χ1n) is 8.29. The molecule has 1 N–H and O–H groups in total. The van der Waals surface area contributed by atoms with Gasteiger partial charge in [0.1, 0.15) is 5.82 Å². The minimum absolute atomic E-state index is 0.00165. The molecule has 4 rings (SSSR count). The molecule has 0 saturated heterocycles. The van der Waals surface area contributed by atoms with E-state index in [4.69, 9.17) is 23.2 Å². The Hall–Kier alpha value is -2.28. The van der Waals surface area contributed by atoms with E-state index in [1.807, 2.05) is 6.08 Å². The summed E-state index contributed by atoms with van der Waals surface area (Å²) >= 11 is 14.0. The number of carboxylic acid groups (broad SMARTS) is 1. The molecule has 1 aliphatic heterocycles. The van der Waals surface area contributed by atoms with E-state index >= 15 is 0 Å². The molecule has 0 saturated carbocycles. The van der Waals surface area contributed by atoms with Crippen molar-refractivity contribution in [3.05, 3.63) is 80.8 Å². The standard InChI is InChI=1S/C20H13Cl2FN2O2S/c21-13-3-6-17(16(22)8-13)25-19-12(7-11-1-4-14(23)5-2-11)9-28-10-15(19)18(24-25)20(26)27/h1-8H,9-10H2,(H,26,27). The van der Waals surface area contributed by atoms with Crippen LogP contribution >= 0.6 is 35.0 Å². The average Bonchev–Trinajstić information content (AvgIpc) is 3.04. The smallest absolute Gasteiger partial charge is 0.356 e. The number of aromatic nitrogens is 2. The van der Waals surface area contributed by atoms with Crippen LogP contribution < -0.4 is 0 Å². The van der Waals surface area contributed by atoms with Crippen molar-refractivity contribution < 1.29 is 14.3 Å². The zero-order chi connectivity index (χ0) is 19.8. The molecule has 2 heterocycles. The molecule has 28 heavy (non-hydrogen) atoms. The molecule has 1 aliphatic rings. The van der Waals surface area contributed by atoms with E-state index in [0.717, 1.165) is 11.1 Å². The molecule has 0 aliphatic carbocycles. The van der Waals surface area contributed by atoms with Crippen LogP contribution in [0.3, 0.4) is 0 Å². The van der Waals surface area contributed by atoms with E-state index in [9.17, 15) is 14.3 Å². The number of fused-ring (bicyclic) bond motifs is 1. The van der Waals surface area contributed by atoms with Crippen molar-refractivity contribution in [2.24, 2.45) is 0 Å². The number of hydrogen-bond donors (Lipinski definition) is 1. The Morgan fingerprint density at radius 2 is 1.93 bits per heavy atom. The third-order valence-corrected chi connectivity index (χ3v) is 5.89. The van der Waals surface area contributed by atoms with Gasteiger partial charge in [-0.1, -0.05) is 35.3 Å². The molecular weight excluding hydrogens is 422 g/mol. The Kier molecular flexibility index (Phi) is 5.19. The van der Waals surface area contributed by atoms with Gasteiger partial charge in [-0.25, -0.2) is 13.9 Å². The summed E-state index contributed by atoms with van der Waals surface area (Å²) in [5, 5.41) is 14.8. The van der Waals surface area contributed by atoms with Crippen LogP contribution in [0.25, 0.3) is 17.3 Å². The maximum Gasteiger partial charge on any atom is 0.356 e. The van der Waals surface area contributed by atoms with E-state index in [-0.39, 0.29) is 11.5 Å². The zero-order valence-electron chi connectivity index (χ0n) is 14.3. The van der Waals surface area contributed by atoms with Crippen LogP contribution in [0, 0.1) is 5.82 Å². The quantitative estimate of drug-likeness (QED) is 0.565. The van der Waals surface area contributed by atoms with Gasteiger partial charge in [0.15, 0.2) is 5.69 Å². The number of rotatable bonds is 3. The van der Waals surface area contributed by atoms with Gasteiger partial charge >= 0.3 is 5.97 Å². The van der Waals surface area contributed by atoms with Crippen LogP contribution in [0.5, 0.6) is 0 Å². The van der Waals surface area contributed by atoms with Crippen molar-refractivity contribution in [2.45, 2.75) is 5.75 Å². The molecule has 2 aromatic carbocycles. The summed E-state index contributed by atoms with van der Waals surface area (Å²) in [5.74, 6) is -0.209. The summed E-state index contributed by atoms with van der Waals surface area (Å²) in [6.07, 6.45) is 1.91. The number of benzene rings is 2. The normalized spacial score (nSPS) is 14.9. The van der Waals surface area contributed by atoms with Crippen molar-refractivity contribution in [2.75, 3.05) is 5.75 Å². The predicted molar refractivity (Wildman–Crippen MR) is 111 cm³/mol. The topological polar surface area (TPSA) is 55.1 Å². The number of aromatic carboxylic acids is 1. The Morgan fingerprint density at radius 1 is 1.18 bits per heavy atom. The molecule has 0 radical (unpaired) electrons. The third-order valence-electron chi connectivity index (χ3n) is 4.34. The van der Waals surface area contributed by atoms with Gasteiger partial charge < -0.3 is 5.11 Å². The fourth-order valence-electron chi connectivity index (χ4n) is 3.12. The van der Waals surface area contributed by atoms with Gasteiger partial charge in [-0.05, 0) is 47.5 Å². The molecule has 0 bridgehead atoms. The summed E-state index contributed by atoms with van der Waals surface area (Å²) in [4.78, 5) is 11.8. The van der Waals surface area contributed by atoms with Crippen molar-refractivity contribution in [3.8, 4) is 5.69 Å². The Labute approximate surface area is 174 Å². The maximum absolute atomic E-state index is 13.2. The van der Waals surface area contributed by atoms with E-state index in [1.54, 1.807) is 46.8 Å². The summed E-state index contributed by atoms with van der Waals surface area (Å²) in [6, 6.07) is 11.1. The van der Waals surface area contributed by atoms with E-state index in [1.165, 1.54) is 12.1 Å². The number of carbonyl (C=O) groups is 1.